The van der Waals surface area contributed by atoms with Gasteiger partial charge < -0.3 is 14.3 Å². The third kappa shape index (κ3) is 4.41. The number of carbonyl (C=O) groups excluding carboxylic acids is 2. The lowest BCUT2D eigenvalue weighted by Crippen LogP contribution is -2.31. The zero-order valence-electron chi connectivity index (χ0n) is 19.2. The van der Waals surface area contributed by atoms with E-state index in [1.54, 1.807) is 48.5 Å². The molecular weight excluding hydrogens is 564 g/mol. The molecule has 0 radical (unpaired) electrons. The molecule has 188 valence electrons. The number of rotatable bonds is 6. The molecule has 3 N–H and O–H groups in total. The molecule has 0 fully saturated rings. The zero-order valence-corrected chi connectivity index (χ0v) is 21.6. The summed E-state index contributed by atoms with van der Waals surface area (Å²) in [4.78, 5) is 28.1. The summed E-state index contributed by atoms with van der Waals surface area (Å²) in [5, 5.41) is 16.8. The minimum Gasteiger partial charge on any atom is -0.503 e. The lowest BCUT2D eigenvalue weighted by molar-refractivity contribution is -0.117. The van der Waals surface area contributed by atoms with Crippen LogP contribution in [-0.4, -0.2) is 32.3 Å². The summed E-state index contributed by atoms with van der Waals surface area (Å²) in [6.07, 6.45) is 0. The predicted molar refractivity (Wildman–Crippen MR) is 139 cm³/mol. The average molecular weight is 583 g/mol. The smallest absolute Gasteiger partial charge is 0.294 e. The van der Waals surface area contributed by atoms with Crippen LogP contribution >= 0.6 is 15.9 Å². The van der Waals surface area contributed by atoms with E-state index < -0.39 is 33.5 Å². The number of hydrogen-bond donors (Lipinski definition) is 2. The monoisotopic (exact) mass is 582 g/mol. The lowest BCUT2D eigenvalue weighted by atomic mass is 9.94. The number of methoxy groups -OCH3 is 1. The Bertz CT molecular complexity index is 1690. The number of aliphatic hydroxyl groups is 1. The largest absolute Gasteiger partial charge is 0.503 e. The summed E-state index contributed by atoms with van der Waals surface area (Å²) in [7, 11) is -2.46. The highest BCUT2D eigenvalue weighted by atomic mass is 79.9. The van der Waals surface area contributed by atoms with E-state index in [-0.39, 0.29) is 21.9 Å². The fourth-order valence-corrected chi connectivity index (χ4v) is 5.15. The van der Waals surface area contributed by atoms with E-state index in [0.717, 1.165) is 4.47 Å². The highest BCUT2D eigenvalue weighted by molar-refractivity contribution is 9.10. The molecule has 0 spiro atoms. The number of sulfonamides is 1. The van der Waals surface area contributed by atoms with Crippen LogP contribution in [0, 0.1) is 0 Å². The molecule has 3 aromatic carbocycles. The SMILES string of the molecule is COc1ccc(C2C(C(=O)c3cc4cc(Br)ccc4o3)=C(O)C(=O)N2c2ccc(S(N)(=O)=O)cc2)cc1. The Morgan fingerprint density at radius 3 is 2.35 bits per heavy atom. The van der Waals surface area contributed by atoms with Crippen molar-refractivity contribution in [1.82, 2.24) is 0 Å². The van der Waals surface area contributed by atoms with Crippen molar-refractivity contribution in [2.75, 3.05) is 12.0 Å². The van der Waals surface area contributed by atoms with Gasteiger partial charge in [0.15, 0.2) is 11.5 Å². The van der Waals surface area contributed by atoms with E-state index >= 15 is 0 Å². The Kier molecular flexibility index (Phi) is 6.14. The number of ketones is 1. The number of fused-ring (bicyclic) bond motifs is 1. The molecule has 0 saturated carbocycles. The minimum atomic E-state index is -3.96. The van der Waals surface area contributed by atoms with Gasteiger partial charge in [-0.3, -0.25) is 14.5 Å². The normalized spacial score (nSPS) is 16.0. The van der Waals surface area contributed by atoms with Gasteiger partial charge in [-0.25, -0.2) is 13.6 Å². The average Bonchev–Trinajstić information content (AvgIpc) is 3.41. The summed E-state index contributed by atoms with van der Waals surface area (Å²) in [5.41, 5.74) is 1.05. The molecule has 9 nitrogen and oxygen atoms in total. The van der Waals surface area contributed by atoms with Crippen molar-refractivity contribution in [3.8, 4) is 5.75 Å². The molecule has 1 aromatic heterocycles. The second-order valence-electron chi connectivity index (χ2n) is 8.27. The van der Waals surface area contributed by atoms with Crippen molar-refractivity contribution in [2.24, 2.45) is 5.14 Å². The molecule has 1 unspecified atom stereocenters. The van der Waals surface area contributed by atoms with E-state index in [1.807, 2.05) is 0 Å². The van der Waals surface area contributed by atoms with Crippen molar-refractivity contribution >= 4 is 54.3 Å². The summed E-state index contributed by atoms with van der Waals surface area (Å²) in [6.45, 7) is 0. The molecule has 5 rings (SSSR count). The van der Waals surface area contributed by atoms with Crippen LogP contribution < -0.4 is 14.8 Å². The Labute approximate surface area is 219 Å². The number of nitrogens with zero attached hydrogens (tertiary/aromatic N) is 1. The number of aliphatic hydroxyl groups excluding tert-OH is 1. The van der Waals surface area contributed by atoms with Gasteiger partial charge in [-0.1, -0.05) is 28.1 Å². The lowest BCUT2D eigenvalue weighted by Gasteiger charge is -2.27. The van der Waals surface area contributed by atoms with Gasteiger partial charge in [0, 0.05) is 15.5 Å². The van der Waals surface area contributed by atoms with Crippen LogP contribution in [0.25, 0.3) is 11.0 Å². The second-order valence-corrected chi connectivity index (χ2v) is 10.8. The molecule has 0 saturated heterocycles. The van der Waals surface area contributed by atoms with E-state index in [0.29, 0.717) is 22.3 Å². The molecule has 1 aliphatic rings. The number of hydrogen-bond acceptors (Lipinski definition) is 7. The van der Waals surface area contributed by atoms with Crippen LogP contribution in [0.5, 0.6) is 5.75 Å². The summed E-state index contributed by atoms with van der Waals surface area (Å²) >= 11 is 3.38. The Morgan fingerprint density at radius 2 is 1.73 bits per heavy atom. The van der Waals surface area contributed by atoms with E-state index in [9.17, 15) is 23.1 Å². The van der Waals surface area contributed by atoms with Gasteiger partial charge >= 0.3 is 0 Å². The zero-order chi connectivity index (χ0) is 26.5. The van der Waals surface area contributed by atoms with Gasteiger partial charge in [0.25, 0.3) is 5.91 Å². The molecule has 2 heterocycles. The predicted octanol–water partition coefficient (Wildman–Crippen LogP) is 4.63. The van der Waals surface area contributed by atoms with Gasteiger partial charge in [0.2, 0.25) is 15.8 Å². The maximum Gasteiger partial charge on any atom is 0.294 e. The van der Waals surface area contributed by atoms with E-state index in [1.165, 1.54) is 36.3 Å². The van der Waals surface area contributed by atoms with Crippen LogP contribution in [0.3, 0.4) is 0 Å². The van der Waals surface area contributed by atoms with Crippen molar-refractivity contribution in [1.29, 1.82) is 0 Å². The molecule has 0 bridgehead atoms. The molecule has 0 aliphatic carbocycles. The first-order valence-electron chi connectivity index (χ1n) is 10.9. The molecule has 1 aliphatic heterocycles. The number of benzene rings is 3. The Balaban J connectivity index is 1.64. The number of amides is 1. The number of ether oxygens (including phenoxy) is 1. The summed E-state index contributed by atoms with van der Waals surface area (Å²) in [5.74, 6) is -1.72. The highest BCUT2D eigenvalue weighted by Gasteiger charge is 2.45. The van der Waals surface area contributed by atoms with Crippen molar-refractivity contribution in [2.45, 2.75) is 10.9 Å². The molecule has 4 aromatic rings. The first-order valence-corrected chi connectivity index (χ1v) is 13.2. The van der Waals surface area contributed by atoms with Crippen molar-refractivity contribution in [3.05, 3.63) is 99.9 Å². The fraction of sp³-hybridized carbons (Fsp3) is 0.0769. The first-order chi connectivity index (χ1) is 17.6. The molecule has 1 atom stereocenters. The Morgan fingerprint density at radius 1 is 1.05 bits per heavy atom. The molecule has 1 amide bonds. The molecular formula is C26H19BrN2O7S. The van der Waals surface area contributed by atoms with Gasteiger partial charge in [-0.05, 0) is 66.2 Å². The Hall–Kier alpha value is -3.93. The fourth-order valence-electron chi connectivity index (χ4n) is 4.26. The van der Waals surface area contributed by atoms with E-state index in [4.69, 9.17) is 14.3 Å². The van der Waals surface area contributed by atoms with Crippen LogP contribution in [0.15, 0.2) is 97.9 Å². The third-order valence-corrected chi connectivity index (χ3v) is 7.45. The van der Waals surface area contributed by atoms with Crippen LogP contribution in [0.4, 0.5) is 5.69 Å². The first kappa shape index (κ1) is 24.8. The number of nitrogens with two attached hydrogens (primary N) is 1. The highest BCUT2D eigenvalue weighted by Crippen LogP contribution is 2.43. The van der Waals surface area contributed by atoms with Crippen LogP contribution in [0.2, 0.25) is 0 Å². The van der Waals surface area contributed by atoms with Crippen molar-refractivity contribution in [3.63, 3.8) is 0 Å². The van der Waals surface area contributed by atoms with Gasteiger partial charge in [-0.2, -0.15) is 0 Å². The van der Waals surface area contributed by atoms with Gasteiger partial charge in [0.1, 0.15) is 11.3 Å². The molecule has 11 heteroatoms. The number of Topliss-reactive ketones (excluding diaryl/α,β-unsaturated/α-hetero) is 1. The molecule has 37 heavy (non-hydrogen) atoms. The van der Waals surface area contributed by atoms with Gasteiger partial charge in [0.05, 0.1) is 23.6 Å². The maximum atomic E-state index is 13.7. The topological polar surface area (TPSA) is 140 Å². The van der Waals surface area contributed by atoms with E-state index in [2.05, 4.69) is 15.9 Å². The number of halogens is 1. The third-order valence-electron chi connectivity index (χ3n) is 6.03. The summed E-state index contributed by atoms with van der Waals surface area (Å²) in [6, 6.07) is 17.7. The second kappa shape index (κ2) is 9.18. The number of carbonyl (C=O) groups is 2. The standard InChI is InChI=1S/C26H19BrN2O7S/c1-35-18-7-2-14(3-8-18)23-22(24(30)21-13-15-12-16(27)4-11-20(15)36-21)25(31)26(32)29(23)17-5-9-19(10-6-17)37(28,33)34/h2-13,23,31H,1H3,(H2,28,33,34). The quantitative estimate of drug-likeness (QED) is 0.316. The van der Waals surface area contributed by atoms with Crippen molar-refractivity contribution < 1.29 is 32.3 Å². The number of primary sulfonamides is 1. The van der Waals surface area contributed by atoms with Crippen LogP contribution in [-0.2, 0) is 14.8 Å². The minimum absolute atomic E-state index is 0.0487. The summed E-state index contributed by atoms with van der Waals surface area (Å²) < 4.78 is 35.2. The maximum absolute atomic E-state index is 13.7. The van der Waals surface area contributed by atoms with Crippen LogP contribution in [0.1, 0.15) is 22.2 Å². The number of furan rings is 1. The number of anilines is 1. The van der Waals surface area contributed by atoms with Gasteiger partial charge in [-0.15, -0.1) is 0 Å².